The van der Waals surface area contributed by atoms with E-state index in [2.05, 4.69) is 17.1 Å². The lowest BCUT2D eigenvalue weighted by Crippen LogP contribution is -2.25. The van der Waals surface area contributed by atoms with E-state index in [9.17, 15) is 14.9 Å². The minimum atomic E-state index is -0.410. The van der Waals surface area contributed by atoms with Crippen LogP contribution < -0.4 is 5.32 Å². The number of hydrogen-bond donors (Lipinski definition) is 1. The highest BCUT2D eigenvalue weighted by atomic mass is 16.6. The van der Waals surface area contributed by atoms with Gasteiger partial charge in [0.25, 0.3) is 5.69 Å². The summed E-state index contributed by atoms with van der Waals surface area (Å²) in [6.45, 7) is 5.65. The monoisotopic (exact) mass is 307 g/mol. The number of aryl methyl sites for hydroxylation is 1. The fourth-order valence-electron chi connectivity index (χ4n) is 2.17. The average molecular weight is 307 g/mol. The van der Waals surface area contributed by atoms with Crippen LogP contribution in [0.25, 0.3) is 0 Å². The molecule has 0 aliphatic carbocycles. The summed E-state index contributed by atoms with van der Waals surface area (Å²) in [4.78, 5) is 24.6. The van der Waals surface area contributed by atoms with E-state index in [1.165, 1.54) is 6.07 Å². The Bertz CT molecular complexity index is 517. The van der Waals surface area contributed by atoms with Crippen LogP contribution in [0.3, 0.4) is 0 Å². The van der Waals surface area contributed by atoms with Gasteiger partial charge in [0, 0.05) is 30.3 Å². The molecule has 6 nitrogen and oxygen atoms in total. The Balaban J connectivity index is 2.57. The Hall–Kier alpha value is -1.95. The molecule has 0 aliphatic heterocycles. The highest BCUT2D eigenvalue weighted by Gasteiger charge is 2.14. The highest BCUT2D eigenvalue weighted by Crippen LogP contribution is 2.23. The third-order valence-corrected chi connectivity index (χ3v) is 3.56. The van der Waals surface area contributed by atoms with Gasteiger partial charge >= 0.3 is 0 Å². The van der Waals surface area contributed by atoms with Gasteiger partial charge in [-0.25, -0.2) is 0 Å². The molecule has 0 saturated carbocycles. The van der Waals surface area contributed by atoms with Gasteiger partial charge in [-0.15, -0.1) is 0 Å². The SMILES string of the molecule is CCCCN(C)CCC(=O)Nc1ccc(CC)c([N+](=O)[O-])c1. The van der Waals surface area contributed by atoms with Crippen molar-refractivity contribution in [3.05, 3.63) is 33.9 Å². The van der Waals surface area contributed by atoms with Crippen molar-refractivity contribution in [1.82, 2.24) is 4.90 Å². The molecule has 122 valence electrons. The van der Waals surface area contributed by atoms with E-state index in [0.29, 0.717) is 30.6 Å². The van der Waals surface area contributed by atoms with Crippen LogP contribution in [-0.2, 0) is 11.2 Å². The molecule has 0 aliphatic rings. The van der Waals surface area contributed by atoms with Crippen LogP contribution in [-0.4, -0.2) is 35.9 Å². The summed E-state index contributed by atoms with van der Waals surface area (Å²) in [5, 5.41) is 13.8. The number of nitro groups is 1. The summed E-state index contributed by atoms with van der Waals surface area (Å²) in [6, 6.07) is 4.84. The summed E-state index contributed by atoms with van der Waals surface area (Å²) in [7, 11) is 1.99. The lowest BCUT2D eigenvalue weighted by molar-refractivity contribution is -0.385. The van der Waals surface area contributed by atoms with E-state index in [1.807, 2.05) is 14.0 Å². The van der Waals surface area contributed by atoms with Gasteiger partial charge in [0.15, 0.2) is 0 Å². The van der Waals surface area contributed by atoms with Gasteiger partial charge in [-0.2, -0.15) is 0 Å². The van der Waals surface area contributed by atoms with Crippen molar-refractivity contribution < 1.29 is 9.72 Å². The lowest BCUT2D eigenvalue weighted by Gasteiger charge is -2.15. The summed E-state index contributed by atoms with van der Waals surface area (Å²) in [6.07, 6.45) is 3.21. The Morgan fingerprint density at radius 1 is 1.32 bits per heavy atom. The zero-order valence-electron chi connectivity index (χ0n) is 13.6. The number of carbonyl (C=O) groups is 1. The molecule has 0 fully saturated rings. The van der Waals surface area contributed by atoms with Crippen molar-refractivity contribution in [1.29, 1.82) is 0 Å². The fourth-order valence-corrected chi connectivity index (χ4v) is 2.17. The predicted molar refractivity (Wildman–Crippen MR) is 88.1 cm³/mol. The maximum absolute atomic E-state index is 11.9. The Morgan fingerprint density at radius 2 is 2.05 bits per heavy atom. The van der Waals surface area contributed by atoms with Gasteiger partial charge in [0.1, 0.15) is 0 Å². The number of rotatable bonds is 9. The molecule has 1 amide bonds. The van der Waals surface area contributed by atoms with Gasteiger partial charge < -0.3 is 10.2 Å². The Labute approximate surface area is 131 Å². The molecular formula is C16H25N3O3. The van der Waals surface area contributed by atoms with E-state index in [1.54, 1.807) is 12.1 Å². The predicted octanol–water partition coefficient (Wildman–Crippen LogP) is 3.22. The number of hydrogen-bond acceptors (Lipinski definition) is 4. The van der Waals surface area contributed by atoms with Crippen molar-refractivity contribution in [2.24, 2.45) is 0 Å². The van der Waals surface area contributed by atoms with Gasteiger partial charge in [0.05, 0.1) is 4.92 Å². The number of carbonyl (C=O) groups excluding carboxylic acids is 1. The first-order chi connectivity index (χ1) is 10.5. The third-order valence-electron chi connectivity index (χ3n) is 3.56. The minimum Gasteiger partial charge on any atom is -0.326 e. The number of nitrogens with one attached hydrogen (secondary N) is 1. The van der Waals surface area contributed by atoms with Crippen molar-refractivity contribution in [3.63, 3.8) is 0 Å². The molecule has 0 bridgehead atoms. The molecule has 0 radical (unpaired) electrons. The van der Waals surface area contributed by atoms with Crippen molar-refractivity contribution in [2.75, 3.05) is 25.5 Å². The second kappa shape index (κ2) is 9.15. The second-order valence-electron chi connectivity index (χ2n) is 5.41. The topological polar surface area (TPSA) is 75.5 Å². The van der Waals surface area contributed by atoms with Gasteiger partial charge in [0.2, 0.25) is 5.91 Å². The van der Waals surface area contributed by atoms with Crippen LogP contribution in [0.5, 0.6) is 0 Å². The Kier molecular flexibility index (Phi) is 7.52. The smallest absolute Gasteiger partial charge is 0.274 e. The van der Waals surface area contributed by atoms with Crippen molar-refractivity contribution >= 4 is 17.3 Å². The van der Waals surface area contributed by atoms with Crippen LogP contribution in [0, 0.1) is 10.1 Å². The molecule has 1 rings (SSSR count). The standard InChI is InChI=1S/C16H25N3O3/c1-4-6-10-18(3)11-9-16(20)17-14-8-7-13(5-2)15(12-14)19(21)22/h7-8,12H,4-6,9-11H2,1-3H3,(H,17,20). The average Bonchev–Trinajstić information content (AvgIpc) is 2.50. The third kappa shape index (κ3) is 5.81. The van der Waals surface area contributed by atoms with Crippen LogP contribution in [0.4, 0.5) is 11.4 Å². The fraction of sp³-hybridized carbons (Fsp3) is 0.562. The molecule has 0 atom stereocenters. The lowest BCUT2D eigenvalue weighted by atomic mass is 10.1. The summed E-state index contributed by atoms with van der Waals surface area (Å²) in [5.41, 5.74) is 1.20. The maximum atomic E-state index is 11.9. The molecule has 0 unspecified atom stereocenters. The normalized spacial score (nSPS) is 10.7. The number of nitrogens with zero attached hydrogens (tertiary/aromatic N) is 2. The van der Waals surface area contributed by atoms with Crippen LogP contribution in [0.1, 0.15) is 38.7 Å². The van der Waals surface area contributed by atoms with E-state index < -0.39 is 4.92 Å². The number of nitro benzene ring substituents is 1. The molecule has 0 heterocycles. The zero-order valence-corrected chi connectivity index (χ0v) is 13.6. The van der Waals surface area contributed by atoms with Gasteiger partial charge in [-0.3, -0.25) is 14.9 Å². The largest absolute Gasteiger partial charge is 0.326 e. The highest BCUT2D eigenvalue weighted by molar-refractivity contribution is 5.91. The van der Waals surface area contributed by atoms with Crippen LogP contribution in [0.2, 0.25) is 0 Å². The summed E-state index contributed by atoms with van der Waals surface area (Å²) in [5.74, 6) is -0.123. The summed E-state index contributed by atoms with van der Waals surface area (Å²) >= 11 is 0. The molecule has 6 heteroatoms. The number of benzene rings is 1. The van der Waals surface area contributed by atoms with Gasteiger partial charge in [-0.05, 0) is 32.5 Å². The first-order valence-electron chi connectivity index (χ1n) is 7.73. The molecule has 0 aromatic heterocycles. The molecule has 1 N–H and O–H groups in total. The number of unbranched alkanes of at least 4 members (excludes halogenated alkanes) is 1. The van der Waals surface area contributed by atoms with Gasteiger partial charge in [-0.1, -0.05) is 26.3 Å². The van der Waals surface area contributed by atoms with Crippen LogP contribution in [0.15, 0.2) is 18.2 Å². The number of anilines is 1. The first-order valence-corrected chi connectivity index (χ1v) is 7.73. The Morgan fingerprint density at radius 3 is 2.64 bits per heavy atom. The first kappa shape index (κ1) is 18.1. The van der Waals surface area contributed by atoms with E-state index >= 15 is 0 Å². The molecule has 0 saturated heterocycles. The minimum absolute atomic E-state index is 0.0559. The van der Waals surface area contributed by atoms with Crippen LogP contribution >= 0.6 is 0 Å². The molecule has 0 spiro atoms. The molecule has 1 aromatic rings. The molecule has 22 heavy (non-hydrogen) atoms. The van der Waals surface area contributed by atoms with E-state index in [-0.39, 0.29) is 11.6 Å². The number of amides is 1. The van der Waals surface area contributed by atoms with E-state index in [0.717, 1.165) is 19.4 Å². The summed E-state index contributed by atoms with van der Waals surface area (Å²) < 4.78 is 0. The quantitative estimate of drug-likeness (QED) is 0.561. The molecular weight excluding hydrogens is 282 g/mol. The van der Waals surface area contributed by atoms with Crippen molar-refractivity contribution in [3.8, 4) is 0 Å². The second-order valence-corrected chi connectivity index (χ2v) is 5.41. The molecule has 1 aromatic carbocycles. The van der Waals surface area contributed by atoms with E-state index in [4.69, 9.17) is 0 Å². The van der Waals surface area contributed by atoms with Crippen molar-refractivity contribution in [2.45, 2.75) is 39.5 Å². The maximum Gasteiger partial charge on any atom is 0.274 e. The zero-order chi connectivity index (χ0) is 16.5.